The molecule has 0 atom stereocenters. The Bertz CT molecular complexity index is 761. The molecule has 2 N–H and O–H groups in total. The first-order chi connectivity index (χ1) is 10.2. The van der Waals surface area contributed by atoms with Crippen LogP contribution in [0.4, 0.5) is 5.69 Å². The van der Waals surface area contributed by atoms with Gasteiger partial charge >= 0.3 is 0 Å². The van der Waals surface area contributed by atoms with Crippen LogP contribution in [0.15, 0.2) is 30.5 Å². The maximum absolute atomic E-state index is 5.98. The van der Waals surface area contributed by atoms with Crippen LogP contribution in [0.3, 0.4) is 0 Å². The average Bonchev–Trinajstić information content (AvgIpc) is 3.09. The summed E-state index contributed by atoms with van der Waals surface area (Å²) in [6, 6.07) is 7.31. The van der Waals surface area contributed by atoms with Crippen LogP contribution < -0.4 is 10.5 Å². The summed E-state index contributed by atoms with van der Waals surface area (Å²) in [5.41, 5.74) is 7.26. The molecule has 0 saturated carbocycles. The Balaban J connectivity index is 2.14. The molecule has 8 nitrogen and oxygen atoms in total. The Morgan fingerprint density at radius 1 is 1.29 bits per heavy atom. The van der Waals surface area contributed by atoms with E-state index in [-0.39, 0.29) is 0 Å². The zero-order valence-corrected chi connectivity index (χ0v) is 11.8. The van der Waals surface area contributed by atoms with Crippen molar-refractivity contribution in [2.45, 2.75) is 6.92 Å². The van der Waals surface area contributed by atoms with Crippen molar-refractivity contribution in [1.29, 1.82) is 0 Å². The predicted octanol–water partition coefficient (Wildman–Crippen LogP) is 1.04. The Morgan fingerprint density at radius 3 is 2.86 bits per heavy atom. The van der Waals surface area contributed by atoms with Crippen LogP contribution in [0.2, 0.25) is 0 Å². The lowest BCUT2D eigenvalue weighted by molar-refractivity contribution is 0.343. The Kier molecular flexibility index (Phi) is 3.27. The molecule has 3 aromatic rings. The summed E-state index contributed by atoms with van der Waals surface area (Å²) in [4.78, 5) is 0. The minimum Gasteiger partial charge on any atom is -0.491 e. The molecule has 0 fully saturated rings. The van der Waals surface area contributed by atoms with Crippen molar-refractivity contribution in [3.8, 4) is 23.0 Å². The Morgan fingerprint density at radius 2 is 2.14 bits per heavy atom. The van der Waals surface area contributed by atoms with E-state index in [0.29, 0.717) is 29.7 Å². The predicted molar refractivity (Wildman–Crippen MR) is 76.9 cm³/mol. The van der Waals surface area contributed by atoms with Gasteiger partial charge in [-0.3, -0.25) is 4.68 Å². The molecule has 0 unspecified atom stereocenters. The lowest BCUT2D eigenvalue weighted by atomic mass is 10.1. The number of nitrogens with two attached hydrogens (primary N) is 1. The number of hydrogen-bond donors (Lipinski definition) is 1. The van der Waals surface area contributed by atoms with Crippen molar-refractivity contribution in [3.63, 3.8) is 0 Å². The molecule has 0 amide bonds. The second-order valence-electron chi connectivity index (χ2n) is 4.42. The van der Waals surface area contributed by atoms with Gasteiger partial charge in [0.2, 0.25) is 0 Å². The normalized spacial score (nSPS) is 10.8. The van der Waals surface area contributed by atoms with E-state index in [9.17, 15) is 0 Å². The molecule has 0 bridgehead atoms. The van der Waals surface area contributed by atoms with Crippen molar-refractivity contribution in [1.82, 2.24) is 30.0 Å². The minimum absolute atomic E-state index is 0.506. The number of aromatic nitrogens is 6. The summed E-state index contributed by atoms with van der Waals surface area (Å²) in [7, 11) is 1.83. The van der Waals surface area contributed by atoms with Gasteiger partial charge in [0.1, 0.15) is 0 Å². The second-order valence-corrected chi connectivity index (χ2v) is 4.42. The molecule has 0 spiro atoms. The zero-order chi connectivity index (χ0) is 14.8. The van der Waals surface area contributed by atoms with Crippen LogP contribution in [0.25, 0.3) is 17.2 Å². The first kappa shape index (κ1) is 13.1. The molecule has 1 aromatic carbocycles. The van der Waals surface area contributed by atoms with Crippen molar-refractivity contribution >= 4 is 5.69 Å². The third-order valence-electron chi connectivity index (χ3n) is 2.96. The van der Waals surface area contributed by atoms with E-state index in [2.05, 4.69) is 20.6 Å². The van der Waals surface area contributed by atoms with E-state index in [1.807, 2.05) is 38.4 Å². The van der Waals surface area contributed by atoms with Crippen LogP contribution in [-0.2, 0) is 7.05 Å². The number of ether oxygens (including phenoxy) is 1. The van der Waals surface area contributed by atoms with Gasteiger partial charge in [-0.15, -0.1) is 5.10 Å². The van der Waals surface area contributed by atoms with E-state index in [1.54, 1.807) is 15.4 Å². The Hall–Kier alpha value is -2.90. The number of para-hydroxylation sites is 1. The third kappa shape index (κ3) is 2.31. The van der Waals surface area contributed by atoms with Crippen LogP contribution in [-0.4, -0.2) is 36.6 Å². The molecule has 3 rings (SSSR count). The highest BCUT2D eigenvalue weighted by Crippen LogP contribution is 2.34. The SMILES string of the molecule is CCOc1c(N)cccc1-c1nnnn1-c1ccn(C)n1. The molecule has 2 heterocycles. The van der Waals surface area contributed by atoms with Crippen LogP contribution >= 0.6 is 0 Å². The van der Waals surface area contributed by atoms with E-state index in [0.717, 1.165) is 5.56 Å². The summed E-state index contributed by atoms with van der Waals surface area (Å²) in [5, 5.41) is 16.1. The molecule has 8 heteroatoms. The quantitative estimate of drug-likeness (QED) is 0.719. The van der Waals surface area contributed by atoms with Gasteiger partial charge in [-0.05, 0) is 29.5 Å². The fourth-order valence-electron chi connectivity index (χ4n) is 2.06. The van der Waals surface area contributed by atoms with Crippen molar-refractivity contribution < 1.29 is 4.74 Å². The highest BCUT2D eigenvalue weighted by Gasteiger charge is 2.18. The maximum Gasteiger partial charge on any atom is 0.192 e. The Labute approximate surface area is 121 Å². The first-order valence-corrected chi connectivity index (χ1v) is 6.50. The van der Waals surface area contributed by atoms with Gasteiger partial charge in [-0.1, -0.05) is 6.07 Å². The van der Waals surface area contributed by atoms with Gasteiger partial charge in [0.05, 0.1) is 17.9 Å². The molecular formula is C13H15N7O. The van der Waals surface area contributed by atoms with Gasteiger partial charge in [-0.2, -0.15) is 9.78 Å². The molecule has 0 aliphatic heterocycles. The number of anilines is 1. The summed E-state index contributed by atoms with van der Waals surface area (Å²) in [5.74, 6) is 1.74. The average molecular weight is 285 g/mol. The van der Waals surface area contributed by atoms with E-state index >= 15 is 0 Å². The molecule has 108 valence electrons. The fraction of sp³-hybridized carbons (Fsp3) is 0.231. The van der Waals surface area contributed by atoms with Crippen molar-refractivity contribution in [3.05, 3.63) is 30.5 Å². The first-order valence-electron chi connectivity index (χ1n) is 6.50. The molecule has 0 saturated heterocycles. The highest BCUT2D eigenvalue weighted by molar-refractivity contribution is 5.73. The minimum atomic E-state index is 0.506. The summed E-state index contributed by atoms with van der Waals surface area (Å²) in [6.45, 7) is 2.41. The van der Waals surface area contributed by atoms with Crippen LogP contribution in [0, 0.1) is 0 Å². The van der Waals surface area contributed by atoms with Gasteiger partial charge in [0, 0.05) is 19.3 Å². The molecule has 21 heavy (non-hydrogen) atoms. The number of nitrogens with zero attached hydrogens (tertiary/aromatic N) is 6. The zero-order valence-electron chi connectivity index (χ0n) is 11.8. The number of aryl methyl sites for hydroxylation is 1. The number of rotatable bonds is 4. The van der Waals surface area contributed by atoms with E-state index < -0.39 is 0 Å². The third-order valence-corrected chi connectivity index (χ3v) is 2.96. The summed E-state index contributed by atoms with van der Waals surface area (Å²) < 4.78 is 8.87. The summed E-state index contributed by atoms with van der Waals surface area (Å²) >= 11 is 0. The molecular weight excluding hydrogens is 270 g/mol. The number of tetrazole rings is 1. The molecule has 0 aliphatic carbocycles. The van der Waals surface area contributed by atoms with Crippen molar-refractivity contribution in [2.75, 3.05) is 12.3 Å². The highest BCUT2D eigenvalue weighted by atomic mass is 16.5. The van der Waals surface area contributed by atoms with Crippen LogP contribution in [0.5, 0.6) is 5.75 Å². The smallest absolute Gasteiger partial charge is 0.192 e. The fourth-order valence-corrected chi connectivity index (χ4v) is 2.06. The summed E-state index contributed by atoms with van der Waals surface area (Å²) in [6.07, 6.45) is 1.82. The van der Waals surface area contributed by atoms with Crippen molar-refractivity contribution in [2.24, 2.45) is 7.05 Å². The largest absolute Gasteiger partial charge is 0.491 e. The van der Waals surface area contributed by atoms with Gasteiger partial charge < -0.3 is 10.5 Å². The second kappa shape index (κ2) is 5.23. The number of hydrogen-bond acceptors (Lipinski definition) is 6. The standard InChI is InChI=1S/C13H15N7O/c1-3-21-12-9(5-4-6-10(12)14)13-15-17-18-20(13)11-7-8-19(2)16-11/h4-8H,3,14H2,1-2H3. The van der Waals surface area contributed by atoms with Gasteiger partial charge in [-0.25, -0.2) is 0 Å². The lowest BCUT2D eigenvalue weighted by Crippen LogP contribution is -2.04. The van der Waals surface area contributed by atoms with Gasteiger partial charge in [0.15, 0.2) is 17.4 Å². The van der Waals surface area contributed by atoms with Crippen LogP contribution in [0.1, 0.15) is 6.92 Å². The maximum atomic E-state index is 5.98. The molecule has 2 aromatic heterocycles. The van der Waals surface area contributed by atoms with Gasteiger partial charge in [0.25, 0.3) is 0 Å². The monoisotopic (exact) mass is 285 g/mol. The lowest BCUT2D eigenvalue weighted by Gasteiger charge is -2.11. The number of nitrogen functional groups attached to an aromatic ring is 1. The topological polar surface area (TPSA) is 96.7 Å². The molecule has 0 radical (unpaired) electrons. The van der Waals surface area contributed by atoms with E-state index in [4.69, 9.17) is 10.5 Å². The number of benzene rings is 1. The van der Waals surface area contributed by atoms with E-state index in [1.165, 1.54) is 0 Å². The molecule has 0 aliphatic rings.